The zero-order valence-corrected chi connectivity index (χ0v) is 19.5. The number of carboxylic acids is 1. The average molecular weight is 428 g/mol. The molecule has 31 heavy (non-hydrogen) atoms. The highest BCUT2D eigenvalue weighted by Gasteiger charge is 2.38. The van der Waals surface area contributed by atoms with Crippen LogP contribution in [-0.4, -0.2) is 46.0 Å². The molecule has 2 amide bonds. The molecule has 0 unspecified atom stereocenters. The number of benzene rings is 1. The third-order valence-corrected chi connectivity index (χ3v) is 4.44. The van der Waals surface area contributed by atoms with Gasteiger partial charge in [0.05, 0.1) is 24.3 Å². The Balaban J connectivity index is 0.000000504. The van der Waals surface area contributed by atoms with E-state index in [0.29, 0.717) is 16.7 Å². The van der Waals surface area contributed by atoms with Crippen molar-refractivity contribution in [1.29, 1.82) is 0 Å². The SMILES string of the molecule is C/C=C1/C(=O)N(CCO)C(=O)C1=C(C)C.CC#CC.CCc1ccc(C)cc1C(=O)O. The van der Waals surface area contributed by atoms with Crippen molar-refractivity contribution in [1.82, 2.24) is 4.90 Å². The summed E-state index contributed by atoms with van der Waals surface area (Å²) in [5.41, 5.74) is 4.04. The topological polar surface area (TPSA) is 94.9 Å². The van der Waals surface area contributed by atoms with E-state index in [2.05, 4.69) is 11.8 Å². The number of aromatic carboxylic acids is 1. The van der Waals surface area contributed by atoms with E-state index >= 15 is 0 Å². The summed E-state index contributed by atoms with van der Waals surface area (Å²) >= 11 is 0. The summed E-state index contributed by atoms with van der Waals surface area (Å²) in [6.07, 6.45) is 2.40. The first-order valence-corrected chi connectivity index (χ1v) is 10.1. The van der Waals surface area contributed by atoms with Gasteiger partial charge in [0.1, 0.15) is 0 Å². The largest absolute Gasteiger partial charge is 0.478 e. The highest BCUT2D eigenvalue weighted by atomic mass is 16.4. The van der Waals surface area contributed by atoms with Crippen LogP contribution in [0.2, 0.25) is 0 Å². The Bertz CT molecular complexity index is 919. The van der Waals surface area contributed by atoms with Crippen LogP contribution in [0, 0.1) is 18.8 Å². The zero-order valence-electron chi connectivity index (χ0n) is 19.5. The maximum atomic E-state index is 11.8. The van der Waals surface area contributed by atoms with Gasteiger partial charge in [-0.3, -0.25) is 14.5 Å². The summed E-state index contributed by atoms with van der Waals surface area (Å²) in [7, 11) is 0. The minimum Gasteiger partial charge on any atom is -0.478 e. The molecule has 6 nitrogen and oxygen atoms in total. The Kier molecular flexibility index (Phi) is 12.5. The van der Waals surface area contributed by atoms with Crippen molar-refractivity contribution in [2.45, 2.75) is 54.9 Å². The molecule has 0 spiro atoms. The van der Waals surface area contributed by atoms with Gasteiger partial charge in [-0.05, 0) is 59.6 Å². The van der Waals surface area contributed by atoms with E-state index in [4.69, 9.17) is 10.2 Å². The molecule has 1 aromatic rings. The lowest BCUT2D eigenvalue weighted by Crippen LogP contribution is -2.32. The Labute approximate surface area is 185 Å². The summed E-state index contributed by atoms with van der Waals surface area (Å²) in [4.78, 5) is 35.4. The first-order chi connectivity index (χ1) is 14.6. The smallest absolute Gasteiger partial charge is 0.335 e. The number of hydrogen-bond acceptors (Lipinski definition) is 4. The molecule has 1 aliphatic heterocycles. The van der Waals surface area contributed by atoms with E-state index < -0.39 is 5.97 Å². The number of aryl methyl sites for hydroxylation is 2. The average Bonchev–Trinajstić information content (AvgIpc) is 2.98. The molecule has 1 aromatic carbocycles. The molecular formula is C25H33NO5. The fourth-order valence-electron chi connectivity index (χ4n) is 2.85. The Hall–Kier alpha value is -3.17. The van der Waals surface area contributed by atoms with Gasteiger partial charge in [0.15, 0.2) is 0 Å². The highest BCUT2D eigenvalue weighted by molar-refractivity contribution is 6.24. The number of imide groups is 1. The molecule has 0 aromatic heterocycles. The quantitative estimate of drug-likeness (QED) is 0.431. The second-order valence-electron chi connectivity index (χ2n) is 6.88. The van der Waals surface area contributed by atoms with Crippen LogP contribution in [0.25, 0.3) is 0 Å². The van der Waals surface area contributed by atoms with Gasteiger partial charge in [0.2, 0.25) is 0 Å². The molecular weight excluding hydrogens is 394 g/mol. The summed E-state index contributed by atoms with van der Waals surface area (Å²) in [5.74, 6) is 3.91. The van der Waals surface area contributed by atoms with Crippen LogP contribution in [0.1, 0.15) is 63.0 Å². The van der Waals surface area contributed by atoms with Crippen LogP contribution >= 0.6 is 0 Å². The van der Waals surface area contributed by atoms with E-state index in [9.17, 15) is 14.4 Å². The van der Waals surface area contributed by atoms with Gasteiger partial charge in [0, 0.05) is 5.57 Å². The fourth-order valence-corrected chi connectivity index (χ4v) is 2.85. The molecule has 0 bridgehead atoms. The molecule has 1 fully saturated rings. The predicted octanol–water partition coefficient (Wildman–Crippen LogP) is 3.92. The summed E-state index contributed by atoms with van der Waals surface area (Å²) in [5, 5.41) is 17.6. The zero-order chi connectivity index (χ0) is 24.1. The molecule has 1 heterocycles. The number of likely N-dealkylation sites (tertiary alicyclic amines) is 1. The first kappa shape index (κ1) is 27.8. The number of allylic oxidation sites excluding steroid dienone is 2. The van der Waals surface area contributed by atoms with Crippen molar-refractivity contribution in [3.63, 3.8) is 0 Å². The van der Waals surface area contributed by atoms with Gasteiger partial charge in [-0.2, -0.15) is 0 Å². The van der Waals surface area contributed by atoms with Crippen molar-refractivity contribution >= 4 is 17.8 Å². The van der Waals surface area contributed by atoms with Gasteiger partial charge in [-0.15, -0.1) is 11.8 Å². The molecule has 6 heteroatoms. The standard InChI is InChI=1S/C11H15NO3.C10H12O2.C4H6/c1-4-8-9(7(2)3)11(15)12(5-6-13)10(8)14;1-3-8-5-4-7(2)6-9(8)10(11)12;1-3-4-2/h4,13H,5-6H2,1-3H3;4-6H,3H2,1-2H3,(H,11,12);1-2H3/b8-4+;;. The summed E-state index contributed by atoms with van der Waals surface area (Å²) in [6.45, 7) is 12.7. The van der Waals surface area contributed by atoms with Crippen LogP contribution < -0.4 is 0 Å². The van der Waals surface area contributed by atoms with Gasteiger partial charge in [-0.1, -0.05) is 36.3 Å². The van der Waals surface area contributed by atoms with E-state index in [-0.39, 0.29) is 25.0 Å². The van der Waals surface area contributed by atoms with Crippen molar-refractivity contribution in [2.75, 3.05) is 13.2 Å². The lowest BCUT2D eigenvalue weighted by atomic mass is 10.0. The number of aliphatic hydroxyl groups excluding tert-OH is 1. The fraction of sp³-hybridized carbons (Fsp3) is 0.400. The molecule has 2 rings (SSSR count). The van der Waals surface area contributed by atoms with Crippen molar-refractivity contribution in [3.8, 4) is 11.8 Å². The summed E-state index contributed by atoms with van der Waals surface area (Å²) < 4.78 is 0. The normalized spacial score (nSPS) is 13.6. The number of nitrogens with zero attached hydrogens (tertiary/aromatic N) is 1. The van der Waals surface area contributed by atoms with Gasteiger partial charge < -0.3 is 10.2 Å². The Morgan fingerprint density at radius 1 is 1.13 bits per heavy atom. The number of carboxylic acid groups (broad SMARTS) is 1. The van der Waals surface area contributed by atoms with Crippen molar-refractivity contribution < 1.29 is 24.6 Å². The van der Waals surface area contributed by atoms with E-state index in [1.165, 1.54) is 0 Å². The molecule has 0 aliphatic carbocycles. The van der Waals surface area contributed by atoms with Crippen LogP contribution in [0.15, 0.2) is 41.0 Å². The molecule has 0 radical (unpaired) electrons. The van der Waals surface area contributed by atoms with Gasteiger partial charge >= 0.3 is 5.97 Å². The van der Waals surface area contributed by atoms with Crippen LogP contribution in [0.5, 0.6) is 0 Å². The van der Waals surface area contributed by atoms with Gasteiger partial charge in [0.25, 0.3) is 11.8 Å². The Morgan fingerprint density at radius 2 is 1.71 bits per heavy atom. The predicted molar refractivity (Wildman–Crippen MR) is 123 cm³/mol. The molecule has 168 valence electrons. The summed E-state index contributed by atoms with van der Waals surface area (Å²) in [6, 6.07) is 5.52. The van der Waals surface area contributed by atoms with E-state index in [0.717, 1.165) is 28.0 Å². The number of hydrogen-bond donors (Lipinski definition) is 2. The second-order valence-corrected chi connectivity index (χ2v) is 6.88. The lowest BCUT2D eigenvalue weighted by molar-refractivity contribution is -0.137. The number of carbonyl (C=O) groups excluding carboxylic acids is 2. The van der Waals surface area contributed by atoms with Gasteiger partial charge in [-0.25, -0.2) is 4.79 Å². The number of aliphatic hydroxyl groups is 1. The molecule has 0 atom stereocenters. The molecule has 1 aliphatic rings. The van der Waals surface area contributed by atoms with Crippen LogP contribution in [0.4, 0.5) is 0 Å². The lowest BCUT2D eigenvalue weighted by Gasteiger charge is -2.10. The molecule has 2 N–H and O–H groups in total. The third kappa shape index (κ3) is 7.88. The minimum atomic E-state index is -0.837. The van der Waals surface area contributed by atoms with Crippen LogP contribution in [0.3, 0.4) is 0 Å². The Morgan fingerprint density at radius 3 is 2.06 bits per heavy atom. The van der Waals surface area contributed by atoms with E-state index in [1.807, 2.05) is 39.8 Å². The second kappa shape index (κ2) is 13.9. The number of amides is 2. The van der Waals surface area contributed by atoms with Crippen LogP contribution in [-0.2, 0) is 16.0 Å². The van der Waals surface area contributed by atoms with Crippen molar-refractivity contribution in [2.24, 2.45) is 0 Å². The number of rotatable bonds is 4. The van der Waals surface area contributed by atoms with E-state index in [1.54, 1.807) is 32.9 Å². The number of carbonyl (C=O) groups is 3. The number of β-amino-alcohol motifs (C(OH)–C–C–N with tert-alkyl or cyclic N) is 1. The monoisotopic (exact) mass is 427 g/mol. The molecule has 0 saturated carbocycles. The minimum absolute atomic E-state index is 0.0613. The maximum Gasteiger partial charge on any atom is 0.335 e. The third-order valence-electron chi connectivity index (χ3n) is 4.44. The highest BCUT2D eigenvalue weighted by Crippen LogP contribution is 2.27. The first-order valence-electron chi connectivity index (χ1n) is 10.1. The maximum absolute atomic E-state index is 11.8. The molecule has 1 saturated heterocycles. The van der Waals surface area contributed by atoms with Crippen molar-refractivity contribution in [3.05, 3.63) is 57.7 Å².